The second-order valence-corrected chi connectivity index (χ2v) is 6.64. The SMILES string of the molecule is CN=C(NC1CCC1)NC1CCN(CCC(=O)N(C)C)CC1.I. The van der Waals surface area contributed by atoms with E-state index in [0.29, 0.717) is 18.5 Å². The molecule has 0 radical (unpaired) electrons. The number of aliphatic imine (C=N–C) groups is 1. The molecule has 2 rings (SSSR count). The summed E-state index contributed by atoms with van der Waals surface area (Å²) < 4.78 is 0. The normalized spacial score (nSPS) is 20.4. The molecule has 0 aromatic carbocycles. The molecule has 2 fully saturated rings. The van der Waals surface area contributed by atoms with Gasteiger partial charge >= 0.3 is 0 Å². The molecule has 6 nitrogen and oxygen atoms in total. The van der Waals surface area contributed by atoms with Gasteiger partial charge in [-0.3, -0.25) is 9.79 Å². The van der Waals surface area contributed by atoms with Crippen molar-refractivity contribution in [3.05, 3.63) is 0 Å². The first-order chi connectivity index (χ1) is 10.6. The molecule has 0 atom stereocenters. The molecule has 1 aliphatic carbocycles. The van der Waals surface area contributed by atoms with Crippen molar-refractivity contribution in [2.24, 2.45) is 4.99 Å². The van der Waals surface area contributed by atoms with Crippen molar-refractivity contribution >= 4 is 35.8 Å². The summed E-state index contributed by atoms with van der Waals surface area (Å²) in [6.45, 7) is 2.98. The fraction of sp³-hybridized carbons (Fsp3) is 0.875. The molecule has 0 aromatic rings. The van der Waals surface area contributed by atoms with Gasteiger partial charge in [-0.1, -0.05) is 0 Å². The van der Waals surface area contributed by atoms with Crippen molar-refractivity contribution in [1.29, 1.82) is 0 Å². The number of halogens is 1. The maximum Gasteiger partial charge on any atom is 0.223 e. The highest BCUT2D eigenvalue weighted by atomic mass is 127. The zero-order valence-corrected chi connectivity index (χ0v) is 17.0. The minimum atomic E-state index is 0. The average molecular weight is 437 g/mol. The number of carbonyl (C=O) groups excluding carboxylic acids is 1. The van der Waals surface area contributed by atoms with Crippen molar-refractivity contribution in [2.45, 2.75) is 50.6 Å². The van der Waals surface area contributed by atoms with E-state index in [4.69, 9.17) is 0 Å². The summed E-state index contributed by atoms with van der Waals surface area (Å²) in [5, 5.41) is 7.03. The van der Waals surface area contributed by atoms with Crippen LogP contribution in [0.2, 0.25) is 0 Å². The van der Waals surface area contributed by atoms with Crippen LogP contribution in [-0.2, 0) is 4.79 Å². The number of guanidine groups is 1. The van der Waals surface area contributed by atoms with Gasteiger partial charge in [0.2, 0.25) is 5.91 Å². The first-order valence-corrected chi connectivity index (χ1v) is 8.51. The fourth-order valence-electron chi connectivity index (χ4n) is 2.89. The molecule has 23 heavy (non-hydrogen) atoms. The summed E-state index contributed by atoms with van der Waals surface area (Å²) in [7, 11) is 5.48. The maximum absolute atomic E-state index is 11.6. The Morgan fingerprint density at radius 3 is 2.13 bits per heavy atom. The summed E-state index contributed by atoms with van der Waals surface area (Å²) in [6.07, 6.45) is 6.70. The smallest absolute Gasteiger partial charge is 0.223 e. The number of rotatable bonds is 5. The lowest BCUT2D eigenvalue weighted by atomic mass is 9.93. The predicted octanol–water partition coefficient (Wildman–Crippen LogP) is 1.26. The Hall–Kier alpha value is -0.570. The van der Waals surface area contributed by atoms with Crippen LogP contribution in [0.4, 0.5) is 0 Å². The van der Waals surface area contributed by atoms with E-state index in [1.165, 1.54) is 19.3 Å². The topological polar surface area (TPSA) is 60.0 Å². The van der Waals surface area contributed by atoms with Crippen LogP contribution in [0.15, 0.2) is 4.99 Å². The number of hydrogen-bond acceptors (Lipinski definition) is 3. The van der Waals surface area contributed by atoms with E-state index < -0.39 is 0 Å². The third-order valence-corrected chi connectivity index (χ3v) is 4.74. The first kappa shape index (κ1) is 20.5. The number of hydrogen-bond donors (Lipinski definition) is 2. The lowest BCUT2D eigenvalue weighted by Crippen LogP contribution is -2.52. The number of likely N-dealkylation sites (tertiary alicyclic amines) is 1. The number of carbonyl (C=O) groups is 1. The summed E-state index contributed by atoms with van der Waals surface area (Å²) in [6, 6.07) is 1.11. The number of nitrogens with zero attached hydrogens (tertiary/aromatic N) is 3. The highest BCUT2D eigenvalue weighted by Gasteiger charge is 2.23. The Labute approximate surface area is 157 Å². The van der Waals surface area contributed by atoms with Gasteiger partial charge < -0.3 is 20.4 Å². The van der Waals surface area contributed by atoms with Crippen LogP contribution in [0, 0.1) is 0 Å². The third-order valence-electron chi connectivity index (χ3n) is 4.74. The molecule has 134 valence electrons. The number of nitrogens with one attached hydrogen (secondary N) is 2. The molecule has 2 aliphatic rings. The van der Waals surface area contributed by atoms with Crippen molar-refractivity contribution in [3.63, 3.8) is 0 Å². The van der Waals surface area contributed by atoms with Crippen LogP contribution in [0.3, 0.4) is 0 Å². The summed E-state index contributed by atoms with van der Waals surface area (Å²) in [5.74, 6) is 1.16. The van der Waals surface area contributed by atoms with Crippen LogP contribution in [0.25, 0.3) is 0 Å². The molecule has 0 unspecified atom stereocenters. The Kier molecular flexibility index (Phi) is 9.19. The largest absolute Gasteiger partial charge is 0.354 e. The zero-order chi connectivity index (χ0) is 15.9. The number of amides is 1. The highest BCUT2D eigenvalue weighted by Crippen LogP contribution is 2.18. The average Bonchev–Trinajstić information content (AvgIpc) is 2.48. The molecule has 1 amide bonds. The molecule has 1 saturated heterocycles. The van der Waals surface area contributed by atoms with Gasteiger partial charge in [0.25, 0.3) is 0 Å². The van der Waals surface area contributed by atoms with Crippen LogP contribution < -0.4 is 10.6 Å². The second kappa shape index (κ2) is 10.3. The Morgan fingerprint density at radius 2 is 1.70 bits per heavy atom. The molecule has 0 bridgehead atoms. The minimum Gasteiger partial charge on any atom is -0.354 e. The fourth-order valence-corrected chi connectivity index (χ4v) is 2.89. The van der Waals surface area contributed by atoms with Crippen molar-refractivity contribution in [1.82, 2.24) is 20.4 Å². The molecule has 2 N–H and O–H groups in total. The Bertz CT molecular complexity index is 390. The van der Waals surface area contributed by atoms with Gasteiger partial charge in [-0.25, -0.2) is 0 Å². The molecule has 1 aliphatic heterocycles. The van der Waals surface area contributed by atoms with E-state index >= 15 is 0 Å². The minimum absolute atomic E-state index is 0. The molecular formula is C16H32IN5O. The maximum atomic E-state index is 11.6. The molecule has 1 heterocycles. The molecule has 7 heteroatoms. The second-order valence-electron chi connectivity index (χ2n) is 6.64. The first-order valence-electron chi connectivity index (χ1n) is 8.51. The third kappa shape index (κ3) is 6.82. The van der Waals surface area contributed by atoms with Gasteiger partial charge in [-0.2, -0.15) is 0 Å². The quantitative estimate of drug-likeness (QED) is 0.387. The van der Waals surface area contributed by atoms with E-state index in [1.54, 1.807) is 4.90 Å². The van der Waals surface area contributed by atoms with Crippen molar-refractivity contribution < 1.29 is 4.79 Å². The van der Waals surface area contributed by atoms with E-state index in [0.717, 1.165) is 38.4 Å². The van der Waals surface area contributed by atoms with Gasteiger partial charge in [-0.15, -0.1) is 24.0 Å². The summed E-state index contributed by atoms with van der Waals surface area (Å²) >= 11 is 0. The molecule has 1 saturated carbocycles. The lowest BCUT2D eigenvalue weighted by Gasteiger charge is -2.34. The molecular weight excluding hydrogens is 405 g/mol. The van der Waals surface area contributed by atoms with Crippen LogP contribution in [0.5, 0.6) is 0 Å². The summed E-state index contributed by atoms with van der Waals surface area (Å²) in [4.78, 5) is 20.0. The monoisotopic (exact) mass is 437 g/mol. The van der Waals surface area contributed by atoms with E-state index in [1.807, 2.05) is 21.1 Å². The van der Waals surface area contributed by atoms with Crippen molar-refractivity contribution in [2.75, 3.05) is 40.8 Å². The Morgan fingerprint density at radius 1 is 1.13 bits per heavy atom. The van der Waals surface area contributed by atoms with Gasteiger partial charge in [0.15, 0.2) is 5.96 Å². The van der Waals surface area contributed by atoms with Crippen LogP contribution in [-0.4, -0.2) is 74.5 Å². The molecule has 0 spiro atoms. The van der Waals surface area contributed by atoms with Crippen molar-refractivity contribution in [3.8, 4) is 0 Å². The highest BCUT2D eigenvalue weighted by molar-refractivity contribution is 14.0. The van der Waals surface area contributed by atoms with E-state index in [-0.39, 0.29) is 29.9 Å². The van der Waals surface area contributed by atoms with Crippen LogP contribution >= 0.6 is 24.0 Å². The predicted molar refractivity (Wildman–Crippen MR) is 105 cm³/mol. The van der Waals surface area contributed by atoms with Gasteiger partial charge in [0.05, 0.1) is 0 Å². The van der Waals surface area contributed by atoms with E-state index in [9.17, 15) is 4.79 Å². The van der Waals surface area contributed by atoms with Crippen LogP contribution in [0.1, 0.15) is 38.5 Å². The standard InChI is InChI=1S/C16H31N5O.HI/c1-17-16(18-13-5-4-6-13)19-14-7-10-21(11-8-14)12-9-15(22)20(2)3;/h13-14H,4-12H2,1-3H3,(H2,17,18,19);1H. The number of piperidine rings is 1. The van der Waals surface area contributed by atoms with Gasteiger partial charge in [0.1, 0.15) is 0 Å². The van der Waals surface area contributed by atoms with E-state index in [2.05, 4.69) is 20.5 Å². The summed E-state index contributed by atoms with van der Waals surface area (Å²) in [5.41, 5.74) is 0. The molecule has 0 aromatic heterocycles. The van der Waals surface area contributed by atoms with Gasteiger partial charge in [0, 0.05) is 59.3 Å². The Balaban J connectivity index is 0.00000264. The lowest BCUT2D eigenvalue weighted by molar-refractivity contribution is -0.129. The van der Waals surface area contributed by atoms with Gasteiger partial charge in [-0.05, 0) is 32.1 Å². The zero-order valence-electron chi connectivity index (χ0n) is 14.7.